The lowest BCUT2D eigenvalue weighted by molar-refractivity contribution is -0.148. The Balaban J connectivity index is 2.04. The molecule has 0 bridgehead atoms. The van der Waals surface area contributed by atoms with E-state index in [2.05, 4.69) is 19.1 Å². The van der Waals surface area contributed by atoms with Gasteiger partial charge in [-0.15, -0.1) is 0 Å². The Morgan fingerprint density at radius 1 is 1.12 bits per heavy atom. The highest BCUT2D eigenvalue weighted by molar-refractivity contribution is 5.97. The van der Waals surface area contributed by atoms with Crippen LogP contribution in [-0.4, -0.2) is 49.1 Å². The van der Waals surface area contributed by atoms with Gasteiger partial charge in [0.05, 0.1) is 12.2 Å². The highest BCUT2D eigenvalue weighted by atomic mass is 16.8. The normalized spacial score (nSPS) is 32.2. The predicted octanol–water partition coefficient (Wildman–Crippen LogP) is 4.69. The molecule has 0 aromatic heterocycles. The molecular formula is C25H34O7. The van der Waals surface area contributed by atoms with Crippen LogP contribution in [0, 0.1) is 11.8 Å². The minimum Gasteiger partial charge on any atom is -0.508 e. The third-order valence-electron chi connectivity index (χ3n) is 5.81. The van der Waals surface area contributed by atoms with Crippen molar-refractivity contribution in [2.75, 3.05) is 13.9 Å². The van der Waals surface area contributed by atoms with Crippen LogP contribution in [0.15, 0.2) is 30.4 Å². The highest BCUT2D eigenvalue weighted by Gasteiger charge is 2.42. The van der Waals surface area contributed by atoms with E-state index in [0.29, 0.717) is 12.0 Å². The first kappa shape index (κ1) is 24.3. The zero-order valence-corrected chi connectivity index (χ0v) is 19.7. The number of hydrogen-bond donors (Lipinski definition) is 1. The van der Waals surface area contributed by atoms with E-state index >= 15 is 0 Å². The quantitative estimate of drug-likeness (QED) is 0.410. The summed E-state index contributed by atoms with van der Waals surface area (Å²) in [4.78, 5) is 13.1. The molecule has 7 nitrogen and oxygen atoms in total. The van der Waals surface area contributed by atoms with Gasteiger partial charge in [-0.3, -0.25) is 0 Å². The lowest BCUT2D eigenvalue weighted by Crippen LogP contribution is -2.29. The third kappa shape index (κ3) is 5.71. The molecular weight excluding hydrogens is 412 g/mol. The number of carbonyl (C=O) groups is 1. The summed E-state index contributed by atoms with van der Waals surface area (Å²) in [5, 5.41) is 10.2. The van der Waals surface area contributed by atoms with Crippen LogP contribution in [0.3, 0.4) is 0 Å². The average Bonchev–Trinajstić information content (AvgIpc) is 3.03. The number of esters is 1. The minimum absolute atomic E-state index is 0.0161. The van der Waals surface area contributed by atoms with Gasteiger partial charge in [-0.1, -0.05) is 38.2 Å². The van der Waals surface area contributed by atoms with Crippen LogP contribution >= 0.6 is 0 Å². The van der Waals surface area contributed by atoms with Crippen LogP contribution in [0.1, 0.15) is 57.0 Å². The highest BCUT2D eigenvalue weighted by Crippen LogP contribution is 2.36. The van der Waals surface area contributed by atoms with E-state index in [4.69, 9.17) is 23.7 Å². The molecule has 0 aliphatic carbocycles. The summed E-state index contributed by atoms with van der Waals surface area (Å²) < 4.78 is 28.7. The van der Waals surface area contributed by atoms with Gasteiger partial charge in [-0.25, -0.2) is 4.79 Å². The Labute approximate surface area is 189 Å². The van der Waals surface area contributed by atoms with Gasteiger partial charge in [0.15, 0.2) is 12.6 Å². The second kappa shape index (κ2) is 10.1. The summed E-state index contributed by atoms with van der Waals surface area (Å²) in [6, 6.07) is 2.90. The zero-order valence-electron chi connectivity index (χ0n) is 19.7. The van der Waals surface area contributed by atoms with Crippen LogP contribution in [0.5, 0.6) is 11.5 Å². The number of rotatable bonds is 3. The van der Waals surface area contributed by atoms with Crippen molar-refractivity contribution in [2.45, 2.75) is 65.1 Å². The van der Waals surface area contributed by atoms with Crippen molar-refractivity contribution in [1.82, 2.24) is 0 Å². The number of methoxy groups -OCH3 is 1. The average molecular weight is 447 g/mol. The van der Waals surface area contributed by atoms with Gasteiger partial charge < -0.3 is 28.8 Å². The Morgan fingerprint density at radius 3 is 2.56 bits per heavy atom. The standard InChI is InChI=1S/C25H34O7/c1-15-10-11-16(2)23-20(31-25(4,5)32-23)9-7-8-18-12-19(26)13-21(29-14-28-6)22(18)24(27)30-17(15)3/h7-8,10-13,15-17,20,23,26H,9,14H2,1-6H3/b8-7+,11-10-/t15-,16?,17+,20+,23?/m1/s1. The monoisotopic (exact) mass is 446 g/mol. The maximum absolute atomic E-state index is 13.1. The molecule has 2 heterocycles. The fourth-order valence-corrected chi connectivity index (χ4v) is 3.98. The molecule has 0 spiro atoms. The second-order valence-electron chi connectivity index (χ2n) is 8.95. The molecule has 176 valence electrons. The summed E-state index contributed by atoms with van der Waals surface area (Å²) in [6.07, 6.45) is 7.81. The van der Waals surface area contributed by atoms with Gasteiger partial charge in [0, 0.05) is 25.0 Å². The van der Waals surface area contributed by atoms with Gasteiger partial charge >= 0.3 is 5.97 Å². The van der Waals surface area contributed by atoms with Crippen molar-refractivity contribution in [3.63, 3.8) is 0 Å². The first-order valence-electron chi connectivity index (χ1n) is 11.0. The van der Waals surface area contributed by atoms with Crippen molar-refractivity contribution in [3.8, 4) is 11.5 Å². The van der Waals surface area contributed by atoms with E-state index in [-0.39, 0.29) is 54.0 Å². The number of phenols is 1. The van der Waals surface area contributed by atoms with E-state index < -0.39 is 11.8 Å². The number of aromatic hydroxyl groups is 1. The summed E-state index contributed by atoms with van der Waals surface area (Å²) in [7, 11) is 1.48. The van der Waals surface area contributed by atoms with E-state index in [0.717, 1.165) is 0 Å². The van der Waals surface area contributed by atoms with Crippen LogP contribution in [0.25, 0.3) is 6.08 Å². The molecule has 2 aliphatic heterocycles. The fourth-order valence-electron chi connectivity index (χ4n) is 3.98. The maximum Gasteiger partial charge on any atom is 0.342 e. The summed E-state index contributed by atoms with van der Waals surface area (Å²) >= 11 is 0. The summed E-state index contributed by atoms with van der Waals surface area (Å²) in [5.41, 5.74) is 0.737. The van der Waals surface area contributed by atoms with E-state index in [1.54, 1.807) is 6.08 Å². The SMILES string of the molecule is COCOc1cc(O)cc2c1C(=O)O[C@@H](C)[C@H](C)/C=C\C(C)C1OC(C)(C)O[C@H]1C/C=C/2. The topological polar surface area (TPSA) is 83.5 Å². The number of carbonyl (C=O) groups excluding carboxylic acids is 1. The lowest BCUT2D eigenvalue weighted by Gasteiger charge is -2.23. The smallest absolute Gasteiger partial charge is 0.342 e. The number of cyclic esters (lactones) is 1. The van der Waals surface area contributed by atoms with Crippen LogP contribution in [-0.2, 0) is 18.9 Å². The molecule has 5 atom stereocenters. The van der Waals surface area contributed by atoms with Gasteiger partial charge in [0.1, 0.15) is 23.2 Å². The van der Waals surface area contributed by atoms with Crippen molar-refractivity contribution in [2.24, 2.45) is 11.8 Å². The predicted molar refractivity (Wildman–Crippen MR) is 120 cm³/mol. The first-order chi connectivity index (χ1) is 15.1. The summed E-state index contributed by atoms with van der Waals surface area (Å²) in [6.45, 7) is 9.72. The Bertz CT molecular complexity index is 873. The number of hydrogen-bond acceptors (Lipinski definition) is 7. The Hall–Kier alpha value is -2.35. The molecule has 0 amide bonds. The molecule has 1 fully saturated rings. The molecule has 7 heteroatoms. The Morgan fingerprint density at radius 2 is 1.84 bits per heavy atom. The number of fused-ring (bicyclic) bond motifs is 2. The number of ether oxygens (including phenoxy) is 5. The van der Waals surface area contributed by atoms with Gasteiger partial charge in [0.25, 0.3) is 0 Å². The number of benzene rings is 1. The van der Waals surface area contributed by atoms with Crippen LogP contribution in [0.2, 0.25) is 0 Å². The van der Waals surface area contributed by atoms with Crippen molar-refractivity contribution in [3.05, 3.63) is 41.5 Å². The molecule has 2 aliphatic rings. The molecule has 0 radical (unpaired) electrons. The van der Waals surface area contributed by atoms with E-state index in [1.807, 2.05) is 33.8 Å². The zero-order chi connectivity index (χ0) is 23.5. The molecule has 3 rings (SSSR count). The van der Waals surface area contributed by atoms with Gasteiger partial charge in [0.2, 0.25) is 0 Å². The molecule has 0 saturated carbocycles. The molecule has 1 aromatic carbocycles. The lowest BCUT2D eigenvalue weighted by atomic mass is 9.94. The largest absolute Gasteiger partial charge is 0.508 e. The molecule has 1 aromatic rings. The van der Waals surface area contributed by atoms with Crippen molar-refractivity contribution < 1.29 is 33.6 Å². The van der Waals surface area contributed by atoms with E-state index in [1.165, 1.54) is 19.2 Å². The second-order valence-corrected chi connectivity index (χ2v) is 8.95. The molecule has 32 heavy (non-hydrogen) atoms. The molecule has 2 unspecified atom stereocenters. The van der Waals surface area contributed by atoms with Crippen molar-refractivity contribution >= 4 is 12.0 Å². The minimum atomic E-state index is -0.672. The van der Waals surface area contributed by atoms with E-state index in [9.17, 15) is 9.90 Å². The molecule has 1 N–H and O–H groups in total. The first-order valence-corrected chi connectivity index (χ1v) is 11.0. The third-order valence-corrected chi connectivity index (χ3v) is 5.81. The maximum atomic E-state index is 13.1. The van der Waals surface area contributed by atoms with Crippen LogP contribution < -0.4 is 4.74 Å². The molecule has 1 saturated heterocycles. The van der Waals surface area contributed by atoms with Gasteiger partial charge in [-0.2, -0.15) is 0 Å². The fraction of sp³-hybridized carbons (Fsp3) is 0.560. The number of phenolic OH excluding ortho intramolecular Hbond substituents is 1. The summed E-state index contributed by atoms with van der Waals surface area (Å²) in [5.74, 6) is -0.911. The Kier molecular flexibility index (Phi) is 7.64. The van der Waals surface area contributed by atoms with Gasteiger partial charge in [-0.05, 0) is 38.8 Å². The van der Waals surface area contributed by atoms with Crippen molar-refractivity contribution in [1.29, 1.82) is 0 Å². The van der Waals surface area contributed by atoms with Crippen LogP contribution in [0.4, 0.5) is 0 Å².